The van der Waals surface area contributed by atoms with E-state index >= 15 is 0 Å². The molecule has 1 saturated heterocycles. The van der Waals surface area contributed by atoms with Crippen LogP contribution in [0.1, 0.15) is 38.5 Å². The third kappa shape index (κ3) is 2.53. The second-order valence-corrected chi connectivity index (χ2v) is 4.53. The monoisotopic (exact) mass is 181 g/mol. The number of hydrogen-bond acceptors (Lipinski definition) is 2. The number of carbonyl (C=O) groups excluding carboxylic acids is 1. The molecule has 2 fully saturated rings. The molecule has 0 radical (unpaired) electrons. The molecule has 1 saturated carbocycles. The third-order valence-electron chi connectivity index (χ3n) is 3.35. The standard InChI is InChI=1S/C11H19NO/c13-11-6-7-12(9-11)8-10-4-2-1-3-5-10/h10H,1-9H2. The van der Waals surface area contributed by atoms with Gasteiger partial charge < -0.3 is 0 Å². The second-order valence-electron chi connectivity index (χ2n) is 4.53. The smallest absolute Gasteiger partial charge is 0.148 e. The fourth-order valence-corrected chi connectivity index (χ4v) is 2.58. The molecule has 2 heteroatoms. The Morgan fingerprint density at radius 2 is 2.00 bits per heavy atom. The molecule has 0 N–H and O–H groups in total. The van der Waals surface area contributed by atoms with Gasteiger partial charge in [-0.15, -0.1) is 0 Å². The Bertz CT molecular complexity index is 185. The number of ketones is 1. The van der Waals surface area contributed by atoms with Crippen LogP contribution in [0.5, 0.6) is 0 Å². The molecule has 0 bridgehead atoms. The van der Waals surface area contributed by atoms with Crippen molar-refractivity contribution in [1.29, 1.82) is 0 Å². The van der Waals surface area contributed by atoms with Gasteiger partial charge in [0.2, 0.25) is 0 Å². The van der Waals surface area contributed by atoms with Crippen LogP contribution in [-0.2, 0) is 4.79 Å². The maximum atomic E-state index is 11.1. The van der Waals surface area contributed by atoms with Gasteiger partial charge in [-0.2, -0.15) is 0 Å². The molecular formula is C11H19NO. The minimum absolute atomic E-state index is 0.441. The molecule has 0 spiro atoms. The van der Waals surface area contributed by atoms with Crippen molar-refractivity contribution in [3.05, 3.63) is 0 Å². The summed E-state index contributed by atoms with van der Waals surface area (Å²) in [4.78, 5) is 13.4. The van der Waals surface area contributed by atoms with Gasteiger partial charge in [0.25, 0.3) is 0 Å². The number of hydrogen-bond donors (Lipinski definition) is 0. The van der Waals surface area contributed by atoms with Gasteiger partial charge in [0.15, 0.2) is 0 Å². The Balaban J connectivity index is 1.73. The van der Waals surface area contributed by atoms with Crippen LogP contribution in [0.2, 0.25) is 0 Å². The molecule has 74 valence electrons. The van der Waals surface area contributed by atoms with Crippen molar-refractivity contribution in [2.75, 3.05) is 19.6 Å². The van der Waals surface area contributed by atoms with Gasteiger partial charge in [0.1, 0.15) is 5.78 Å². The Labute approximate surface area is 80.3 Å². The summed E-state index contributed by atoms with van der Waals surface area (Å²) >= 11 is 0. The van der Waals surface area contributed by atoms with Crippen LogP contribution in [0.15, 0.2) is 0 Å². The summed E-state index contributed by atoms with van der Waals surface area (Å²) in [5.41, 5.74) is 0. The molecule has 0 atom stereocenters. The Morgan fingerprint density at radius 3 is 2.62 bits per heavy atom. The van der Waals surface area contributed by atoms with E-state index in [1.54, 1.807) is 0 Å². The summed E-state index contributed by atoms with van der Waals surface area (Å²) in [6, 6.07) is 0. The minimum atomic E-state index is 0.441. The maximum Gasteiger partial charge on any atom is 0.148 e. The van der Waals surface area contributed by atoms with Crippen LogP contribution in [0.4, 0.5) is 0 Å². The van der Waals surface area contributed by atoms with Crippen LogP contribution < -0.4 is 0 Å². The van der Waals surface area contributed by atoms with E-state index in [0.29, 0.717) is 5.78 Å². The van der Waals surface area contributed by atoms with E-state index in [9.17, 15) is 4.79 Å². The molecule has 1 aliphatic carbocycles. The first-order chi connectivity index (χ1) is 6.34. The second kappa shape index (κ2) is 4.23. The topological polar surface area (TPSA) is 20.3 Å². The van der Waals surface area contributed by atoms with Crippen LogP contribution in [0.3, 0.4) is 0 Å². The van der Waals surface area contributed by atoms with Crippen LogP contribution in [-0.4, -0.2) is 30.3 Å². The van der Waals surface area contributed by atoms with Crippen molar-refractivity contribution >= 4 is 5.78 Å². The number of carbonyl (C=O) groups is 1. The quantitative estimate of drug-likeness (QED) is 0.648. The fraction of sp³-hybridized carbons (Fsp3) is 0.909. The van der Waals surface area contributed by atoms with E-state index in [2.05, 4.69) is 4.90 Å². The molecule has 0 unspecified atom stereocenters. The summed E-state index contributed by atoms with van der Waals surface area (Å²) < 4.78 is 0. The molecule has 2 aliphatic rings. The van der Waals surface area contributed by atoms with Gasteiger partial charge in [-0.05, 0) is 18.8 Å². The largest absolute Gasteiger partial charge is 0.298 e. The van der Waals surface area contributed by atoms with Crippen LogP contribution in [0.25, 0.3) is 0 Å². The highest BCUT2D eigenvalue weighted by Gasteiger charge is 2.23. The average Bonchev–Trinajstić information content (AvgIpc) is 2.53. The normalized spacial score (nSPS) is 26.9. The highest BCUT2D eigenvalue weighted by Crippen LogP contribution is 2.25. The van der Waals surface area contributed by atoms with E-state index in [1.165, 1.54) is 38.6 Å². The maximum absolute atomic E-state index is 11.1. The lowest BCUT2D eigenvalue weighted by atomic mass is 9.89. The molecule has 0 aromatic carbocycles. The van der Waals surface area contributed by atoms with Gasteiger partial charge in [-0.1, -0.05) is 19.3 Å². The average molecular weight is 181 g/mol. The zero-order chi connectivity index (χ0) is 9.10. The number of Topliss-reactive ketones (excluding diaryl/α,β-unsaturated/α-hetero) is 1. The molecule has 2 nitrogen and oxygen atoms in total. The first-order valence-electron chi connectivity index (χ1n) is 5.58. The zero-order valence-electron chi connectivity index (χ0n) is 8.30. The Kier molecular flexibility index (Phi) is 2.99. The summed E-state index contributed by atoms with van der Waals surface area (Å²) in [6.07, 6.45) is 7.83. The molecule has 2 rings (SSSR count). The minimum Gasteiger partial charge on any atom is -0.298 e. The first kappa shape index (κ1) is 9.20. The third-order valence-corrected chi connectivity index (χ3v) is 3.35. The van der Waals surface area contributed by atoms with Gasteiger partial charge in [-0.25, -0.2) is 0 Å². The van der Waals surface area contributed by atoms with Crippen LogP contribution >= 0.6 is 0 Å². The lowest BCUT2D eigenvalue weighted by Gasteiger charge is -2.25. The van der Waals surface area contributed by atoms with E-state index in [1.807, 2.05) is 0 Å². The number of rotatable bonds is 2. The van der Waals surface area contributed by atoms with E-state index in [0.717, 1.165) is 25.4 Å². The summed E-state index contributed by atoms with van der Waals surface area (Å²) in [5, 5.41) is 0. The molecule has 1 aliphatic heterocycles. The van der Waals surface area contributed by atoms with Crippen LogP contribution in [0, 0.1) is 5.92 Å². The first-order valence-corrected chi connectivity index (χ1v) is 5.58. The summed E-state index contributed by atoms with van der Waals surface area (Å²) in [6.45, 7) is 2.94. The number of likely N-dealkylation sites (tertiary alicyclic amines) is 1. The van der Waals surface area contributed by atoms with Gasteiger partial charge >= 0.3 is 0 Å². The SMILES string of the molecule is O=C1CCN(CC2CCCCC2)C1. The molecule has 0 aromatic heterocycles. The predicted molar refractivity (Wildman–Crippen MR) is 52.6 cm³/mol. The van der Waals surface area contributed by atoms with Crippen molar-refractivity contribution < 1.29 is 4.79 Å². The zero-order valence-corrected chi connectivity index (χ0v) is 8.30. The number of nitrogens with zero attached hydrogens (tertiary/aromatic N) is 1. The lowest BCUT2D eigenvalue weighted by molar-refractivity contribution is -0.116. The molecule has 0 aromatic rings. The van der Waals surface area contributed by atoms with Crippen molar-refractivity contribution in [2.24, 2.45) is 5.92 Å². The van der Waals surface area contributed by atoms with Crippen molar-refractivity contribution in [3.63, 3.8) is 0 Å². The highest BCUT2D eigenvalue weighted by atomic mass is 16.1. The fourth-order valence-electron chi connectivity index (χ4n) is 2.58. The Hall–Kier alpha value is -0.370. The lowest BCUT2D eigenvalue weighted by Crippen LogP contribution is -2.28. The molecule has 1 heterocycles. The van der Waals surface area contributed by atoms with Gasteiger partial charge in [0, 0.05) is 19.5 Å². The van der Waals surface area contributed by atoms with E-state index < -0.39 is 0 Å². The summed E-state index contributed by atoms with van der Waals surface area (Å²) in [5.74, 6) is 1.33. The van der Waals surface area contributed by atoms with E-state index in [-0.39, 0.29) is 0 Å². The molecule has 0 amide bonds. The van der Waals surface area contributed by atoms with Crippen molar-refractivity contribution in [1.82, 2.24) is 4.90 Å². The molecular weight excluding hydrogens is 162 g/mol. The van der Waals surface area contributed by atoms with Gasteiger partial charge in [-0.3, -0.25) is 9.69 Å². The summed E-state index contributed by atoms with van der Waals surface area (Å²) in [7, 11) is 0. The Morgan fingerprint density at radius 1 is 1.23 bits per heavy atom. The van der Waals surface area contributed by atoms with E-state index in [4.69, 9.17) is 0 Å². The van der Waals surface area contributed by atoms with Crippen molar-refractivity contribution in [2.45, 2.75) is 38.5 Å². The highest BCUT2D eigenvalue weighted by molar-refractivity contribution is 5.82. The predicted octanol–water partition coefficient (Wildman–Crippen LogP) is 1.84. The van der Waals surface area contributed by atoms with Crippen molar-refractivity contribution in [3.8, 4) is 0 Å². The molecule has 13 heavy (non-hydrogen) atoms. The van der Waals surface area contributed by atoms with Gasteiger partial charge in [0.05, 0.1) is 6.54 Å².